The van der Waals surface area contributed by atoms with Crippen LogP contribution in [-0.4, -0.2) is 22.3 Å². The molecule has 4 nitrogen and oxygen atoms in total. The quantitative estimate of drug-likeness (QED) is 0.943. The van der Waals surface area contributed by atoms with Crippen LogP contribution in [0.5, 0.6) is 0 Å². The van der Waals surface area contributed by atoms with E-state index in [1.54, 1.807) is 17.4 Å². The van der Waals surface area contributed by atoms with E-state index in [2.05, 4.69) is 11.1 Å². The second-order valence-corrected chi connectivity index (χ2v) is 5.91. The van der Waals surface area contributed by atoms with Crippen molar-refractivity contribution in [3.8, 4) is 0 Å². The van der Waals surface area contributed by atoms with Crippen LogP contribution in [-0.2, 0) is 6.42 Å². The summed E-state index contributed by atoms with van der Waals surface area (Å²) >= 11 is 1.67. The first kappa shape index (κ1) is 13.1. The monoisotopic (exact) mass is 288 g/mol. The Morgan fingerprint density at radius 2 is 2.35 bits per heavy atom. The summed E-state index contributed by atoms with van der Waals surface area (Å²) in [6.07, 6.45) is 1.71. The summed E-state index contributed by atoms with van der Waals surface area (Å²) in [5.41, 5.74) is 1.09. The number of aryl methyl sites for hydroxylation is 1. The summed E-state index contributed by atoms with van der Waals surface area (Å²) in [6, 6.07) is 7.42. The minimum atomic E-state index is -0.208. The number of rotatable bonds is 3. The van der Waals surface area contributed by atoms with Crippen LogP contribution < -0.4 is 5.56 Å². The maximum absolute atomic E-state index is 12.5. The number of nitrogens with one attached hydrogen (secondary N) is 1. The second-order valence-electron chi connectivity index (χ2n) is 4.93. The second kappa shape index (κ2) is 5.25. The molecule has 0 aliphatic carbocycles. The molecule has 3 rings (SSSR count). The SMILES string of the molecule is CCc1cc(C(=O)N2CC[C@H]2c2cccs2)cc(=O)[nH]1. The van der Waals surface area contributed by atoms with Gasteiger partial charge < -0.3 is 9.88 Å². The van der Waals surface area contributed by atoms with Gasteiger partial charge in [0, 0.05) is 28.7 Å². The van der Waals surface area contributed by atoms with E-state index in [0.717, 1.165) is 18.7 Å². The lowest BCUT2D eigenvalue weighted by Gasteiger charge is -2.40. The molecular weight excluding hydrogens is 272 g/mol. The minimum Gasteiger partial charge on any atom is -0.331 e. The van der Waals surface area contributed by atoms with Crippen LogP contribution in [0.4, 0.5) is 0 Å². The summed E-state index contributed by atoms with van der Waals surface area (Å²) < 4.78 is 0. The summed E-state index contributed by atoms with van der Waals surface area (Å²) in [7, 11) is 0. The molecule has 1 amide bonds. The Hall–Kier alpha value is -1.88. The average molecular weight is 288 g/mol. The fourth-order valence-corrected chi connectivity index (χ4v) is 3.36. The van der Waals surface area contributed by atoms with E-state index in [4.69, 9.17) is 0 Å². The zero-order valence-corrected chi connectivity index (χ0v) is 12.1. The molecule has 1 aliphatic heterocycles. The van der Waals surface area contributed by atoms with Crippen LogP contribution in [0.15, 0.2) is 34.4 Å². The first-order valence-electron chi connectivity index (χ1n) is 6.76. The van der Waals surface area contributed by atoms with E-state index in [-0.39, 0.29) is 17.5 Å². The third-order valence-corrected chi connectivity index (χ3v) is 4.65. The molecule has 0 aromatic carbocycles. The normalized spacial score (nSPS) is 17.9. The molecule has 2 aromatic heterocycles. The molecule has 1 N–H and O–H groups in total. The molecule has 0 bridgehead atoms. The Morgan fingerprint density at radius 1 is 1.50 bits per heavy atom. The van der Waals surface area contributed by atoms with Gasteiger partial charge in [0.2, 0.25) is 5.56 Å². The largest absolute Gasteiger partial charge is 0.331 e. The zero-order valence-electron chi connectivity index (χ0n) is 11.3. The van der Waals surface area contributed by atoms with Gasteiger partial charge in [0.1, 0.15) is 0 Å². The minimum absolute atomic E-state index is 0.0459. The fourth-order valence-electron chi connectivity index (χ4n) is 2.49. The summed E-state index contributed by atoms with van der Waals surface area (Å²) in [5.74, 6) is -0.0459. The highest BCUT2D eigenvalue weighted by Gasteiger charge is 2.34. The standard InChI is InChI=1S/C15H16N2O2S/c1-2-11-8-10(9-14(18)16-11)15(19)17-6-5-12(17)13-4-3-7-20-13/h3-4,7-9,12H,2,5-6H2,1H3,(H,16,18)/t12-/m0/s1. The number of amides is 1. The van der Waals surface area contributed by atoms with Gasteiger partial charge in [0.25, 0.3) is 5.91 Å². The molecule has 0 radical (unpaired) electrons. The Kier molecular flexibility index (Phi) is 3.44. The average Bonchev–Trinajstić information content (AvgIpc) is 2.90. The van der Waals surface area contributed by atoms with Crippen LogP contribution in [0.25, 0.3) is 0 Å². The number of thiophene rings is 1. The zero-order chi connectivity index (χ0) is 14.1. The van der Waals surface area contributed by atoms with Gasteiger partial charge >= 0.3 is 0 Å². The van der Waals surface area contributed by atoms with Gasteiger partial charge in [-0.25, -0.2) is 0 Å². The number of carbonyl (C=O) groups excluding carboxylic acids is 1. The van der Waals surface area contributed by atoms with Crippen molar-refractivity contribution >= 4 is 17.2 Å². The Morgan fingerprint density at radius 3 is 2.95 bits per heavy atom. The summed E-state index contributed by atoms with van der Waals surface area (Å²) in [6.45, 7) is 2.72. The number of carbonyl (C=O) groups is 1. The third-order valence-electron chi connectivity index (χ3n) is 3.68. The molecular formula is C15H16N2O2S. The lowest BCUT2D eigenvalue weighted by Crippen LogP contribution is -2.45. The number of pyridine rings is 1. The lowest BCUT2D eigenvalue weighted by atomic mass is 9.99. The molecule has 1 saturated heterocycles. The number of aromatic nitrogens is 1. The third kappa shape index (κ3) is 2.29. The maximum atomic E-state index is 12.5. The fraction of sp³-hybridized carbons (Fsp3) is 0.333. The highest BCUT2D eigenvalue weighted by molar-refractivity contribution is 7.10. The van der Waals surface area contributed by atoms with E-state index in [1.807, 2.05) is 23.3 Å². The van der Waals surface area contributed by atoms with E-state index < -0.39 is 0 Å². The van der Waals surface area contributed by atoms with Crippen molar-refractivity contribution < 1.29 is 4.79 Å². The lowest BCUT2D eigenvalue weighted by molar-refractivity contribution is 0.0467. The van der Waals surface area contributed by atoms with Gasteiger partial charge in [0.15, 0.2) is 0 Å². The van der Waals surface area contributed by atoms with Crippen molar-refractivity contribution in [1.82, 2.24) is 9.88 Å². The van der Waals surface area contributed by atoms with Crippen molar-refractivity contribution in [3.63, 3.8) is 0 Å². The van der Waals surface area contributed by atoms with Crippen molar-refractivity contribution in [2.45, 2.75) is 25.8 Å². The van der Waals surface area contributed by atoms with Crippen LogP contribution in [0, 0.1) is 0 Å². The Labute approximate surface area is 121 Å². The molecule has 0 unspecified atom stereocenters. The molecule has 1 fully saturated rings. The Balaban J connectivity index is 1.86. The van der Waals surface area contributed by atoms with Crippen LogP contribution in [0.3, 0.4) is 0 Å². The predicted molar refractivity (Wildman–Crippen MR) is 79.2 cm³/mol. The number of aromatic amines is 1. The van der Waals surface area contributed by atoms with Gasteiger partial charge in [-0.1, -0.05) is 13.0 Å². The highest BCUT2D eigenvalue weighted by atomic mass is 32.1. The summed E-state index contributed by atoms with van der Waals surface area (Å²) in [4.78, 5) is 29.9. The van der Waals surface area contributed by atoms with Crippen LogP contribution in [0.2, 0.25) is 0 Å². The molecule has 1 atom stereocenters. The number of hydrogen-bond acceptors (Lipinski definition) is 3. The van der Waals surface area contributed by atoms with Gasteiger partial charge in [-0.3, -0.25) is 9.59 Å². The van der Waals surface area contributed by atoms with Crippen LogP contribution in [0.1, 0.15) is 40.3 Å². The number of hydrogen-bond donors (Lipinski definition) is 1. The Bertz CT molecular complexity index is 675. The molecule has 2 aromatic rings. The smallest absolute Gasteiger partial charge is 0.254 e. The predicted octanol–water partition coefficient (Wildman–Crippen LogP) is 2.59. The number of nitrogens with zero attached hydrogens (tertiary/aromatic N) is 1. The number of likely N-dealkylation sites (tertiary alicyclic amines) is 1. The molecule has 1 aliphatic rings. The van der Waals surface area contributed by atoms with Gasteiger partial charge in [-0.05, 0) is 30.4 Å². The van der Waals surface area contributed by atoms with E-state index in [0.29, 0.717) is 12.0 Å². The van der Waals surface area contributed by atoms with Gasteiger partial charge in [-0.2, -0.15) is 0 Å². The molecule has 5 heteroatoms. The first-order chi connectivity index (χ1) is 9.69. The van der Waals surface area contributed by atoms with Crippen molar-refractivity contribution in [3.05, 3.63) is 56.1 Å². The van der Waals surface area contributed by atoms with E-state index in [1.165, 1.54) is 10.9 Å². The topological polar surface area (TPSA) is 53.2 Å². The summed E-state index contributed by atoms with van der Waals surface area (Å²) in [5, 5.41) is 2.03. The first-order valence-corrected chi connectivity index (χ1v) is 7.64. The molecule has 0 saturated carbocycles. The van der Waals surface area contributed by atoms with E-state index in [9.17, 15) is 9.59 Å². The van der Waals surface area contributed by atoms with Crippen molar-refractivity contribution in [1.29, 1.82) is 0 Å². The van der Waals surface area contributed by atoms with Crippen molar-refractivity contribution in [2.24, 2.45) is 0 Å². The molecule has 3 heterocycles. The van der Waals surface area contributed by atoms with Gasteiger partial charge in [-0.15, -0.1) is 11.3 Å². The van der Waals surface area contributed by atoms with E-state index >= 15 is 0 Å². The maximum Gasteiger partial charge on any atom is 0.254 e. The molecule has 20 heavy (non-hydrogen) atoms. The molecule has 104 valence electrons. The number of H-pyrrole nitrogens is 1. The van der Waals surface area contributed by atoms with Crippen LogP contribution >= 0.6 is 11.3 Å². The highest BCUT2D eigenvalue weighted by Crippen LogP contribution is 2.36. The van der Waals surface area contributed by atoms with Gasteiger partial charge in [0.05, 0.1) is 6.04 Å². The molecule has 0 spiro atoms. The van der Waals surface area contributed by atoms with Crippen molar-refractivity contribution in [2.75, 3.05) is 6.54 Å².